The quantitative estimate of drug-likeness (QED) is 0.549. The molecular formula is C6H13N. The van der Waals surface area contributed by atoms with Gasteiger partial charge in [-0.15, -0.1) is 0 Å². The van der Waals surface area contributed by atoms with Gasteiger partial charge in [-0.25, -0.2) is 0 Å². The molecule has 1 nitrogen and oxygen atoms in total. The van der Waals surface area contributed by atoms with E-state index in [-0.39, 0.29) is 0 Å². The van der Waals surface area contributed by atoms with Crippen LogP contribution < -0.4 is 5.73 Å². The number of hydrogen-bond acceptors (Lipinski definition) is 1. The fourth-order valence-electron chi connectivity index (χ4n) is 0.858. The van der Waals surface area contributed by atoms with Gasteiger partial charge in [0.1, 0.15) is 0 Å². The lowest BCUT2D eigenvalue weighted by molar-refractivity contribution is 0.521. The molecule has 0 heterocycles. The Kier molecular flexibility index (Phi) is 1.33. The van der Waals surface area contributed by atoms with E-state index in [1.54, 1.807) is 0 Å². The molecule has 0 saturated heterocycles. The van der Waals surface area contributed by atoms with E-state index in [1.807, 2.05) is 0 Å². The summed E-state index contributed by atoms with van der Waals surface area (Å²) in [5, 5.41) is 0. The summed E-state index contributed by atoms with van der Waals surface area (Å²) in [6.45, 7) is 3.11. The standard InChI is InChI=1S/C6H13N/c1-5(4-7)6-2-3-6/h5-6H,2-4,7H2,1H3/t5-/m0/s1. The third-order valence-corrected chi connectivity index (χ3v) is 1.80. The SMILES string of the molecule is C[C@@H](CN)C1CC1. The van der Waals surface area contributed by atoms with Crippen LogP contribution >= 0.6 is 0 Å². The first-order valence-electron chi connectivity index (χ1n) is 3.04. The van der Waals surface area contributed by atoms with Crippen LogP contribution in [0.3, 0.4) is 0 Å². The van der Waals surface area contributed by atoms with Gasteiger partial charge in [0, 0.05) is 0 Å². The second kappa shape index (κ2) is 1.83. The summed E-state index contributed by atoms with van der Waals surface area (Å²) in [6.07, 6.45) is 2.86. The molecule has 0 aromatic rings. The zero-order valence-electron chi connectivity index (χ0n) is 4.85. The first-order valence-corrected chi connectivity index (χ1v) is 3.04. The Hall–Kier alpha value is -0.0400. The van der Waals surface area contributed by atoms with Gasteiger partial charge in [-0.05, 0) is 31.2 Å². The molecule has 0 aliphatic heterocycles. The lowest BCUT2D eigenvalue weighted by atomic mass is 10.1. The highest BCUT2D eigenvalue weighted by atomic mass is 14.6. The minimum Gasteiger partial charge on any atom is -0.330 e. The summed E-state index contributed by atoms with van der Waals surface area (Å²) >= 11 is 0. The van der Waals surface area contributed by atoms with E-state index in [4.69, 9.17) is 5.73 Å². The third kappa shape index (κ3) is 1.16. The van der Waals surface area contributed by atoms with Crippen molar-refractivity contribution in [3.8, 4) is 0 Å². The normalized spacial score (nSPS) is 24.9. The topological polar surface area (TPSA) is 26.0 Å². The van der Waals surface area contributed by atoms with E-state index in [9.17, 15) is 0 Å². The van der Waals surface area contributed by atoms with E-state index in [1.165, 1.54) is 12.8 Å². The van der Waals surface area contributed by atoms with Gasteiger partial charge in [-0.2, -0.15) is 0 Å². The van der Waals surface area contributed by atoms with Crippen LogP contribution in [0.4, 0.5) is 0 Å². The average Bonchev–Trinajstić information content (AvgIpc) is 2.44. The van der Waals surface area contributed by atoms with Crippen LogP contribution in [0.15, 0.2) is 0 Å². The summed E-state index contributed by atoms with van der Waals surface area (Å²) < 4.78 is 0. The Balaban J connectivity index is 2.10. The molecule has 0 spiro atoms. The van der Waals surface area contributed by atoms with Crippen molar-refractivity contribution in [3.05, 3.63) is 0 Å². The Morgan fingerprint density at radius 2 is 2.29 bits per heavy atom. The Morgan fingerprint density at radius 1 is 1.71 bits per heavy atom. The van der Waals surface area contributed by atoms with Crippen molar-refractivity contribution >= 4 is 0 Å². The zero-order valence-corrected chi connectivity index (χ0v) is 4.85. The van der Waals surface area contributed by atoms with Crippen molar-refractivity contribution in [3.63, 3.8) is 0 Å². The van der Waals surface area contributed by atoms with Crippen LogP contribution in [0.5, 0.6) is 0 Å². The zero-order chi connectivity index (χ0) is 5.28. The van der Waals surface area contributed by atoms with E-state index in [2.05, 4.69) is 6.92 Å². The summed E-state index contributed by atoms with van der Waals surface area (Å²) in [7, 11) is 0. The first kappa shape index (κ1) is 5.10. The van der Waals surface area contributed by atoms with Gasteiger partial charge < -0.3 is 5.73 Å². The number of nitrogens with two attached hydrogens (primary N) is 1. The second-order valence-corrected chi connectivity index (χ2v) is 2.55. The third-order valence-electron chi connectivity index (χ3n) is 1.80. The van der Waals surface area contributed by atoms with Crippen LogP contribution in [-0.4, -0.2) is 6.54 Å². The Bertz CT molecular complexity index is 57.2. The molecule has 0 radical (unpaired) electrons. The maximum absolute atomic E-state index is 5.41. The van der Waals surface area contributed by atoms with Gasteiger partial charge >= 0.3 is 0 Å². The largest absolute Gasteiger partial charge is 0.330 e. The maximum Gasteiger partial charge on any atom is -0.00489 e. The minimum absolute atomic E-state index is 0.792. The first-order chi connectivity index (χ1) is 3.34. The van der Waals surface area contributed by atoms with Gasteiger partial charge in [-0.1, -0.05) is 6.92 Å². The second-order valence-electron chi connectivity index (χ2n) is 2.55. The Labute approximate surface area is 44.9 Å². The van der Waals surface area contributed by atoms with Gasteiger partial charge in [0.05, 0.1) is 0 Å². The monoisotopic (exact) mass is 99.1 g/mol. The molecule has 0 aromatic carbocycles. The molecule has 1 aliphatic rings. The molecule has 1 saturated carbocycles. The fourth-order valence-corrected chi connectivity index (χ4v) is 0.858. The predicted octanol–water partition coefficient (Wildman–Crippen LogP) is 0.991. The van der Waals surface area contributed by atoms with Crippen LogP contribution in [0.1, 0.15) is 19.8 Å². The van der Waals surface area contributed by atoms with Crippen LogP contribution in [0.2, 0.25) is 0 Å². The van der Waals surface area contributed by atoms with Crippen molar-refractivity contribution < 1.29 is 0 Å². The summed E-state index contributed by atoms with van der Waals surface area (Å²) in [4.78, 5) is 0. The highest BCUT2D eigenvalue weighted by Crippen LogP contribution is 2.35. The summed E-state index contributed by atoms with van der Waals surface area (Å²) in [5.74, 6) is 1.78. The van der Waals surface area contributed by atoms with Crippen LogP contribution in [0.25, 0.3) is 0 Å². The molecule has 1 aliphatic carbocycles. The summed E-state index contributed by atoms with van der Waals surface area (Å²) in [5.41, 5.74) is 5.41. The lowest BCUT2D eigenvalue weighted by Gasteiger charge is -2.01. The molecule has 0 unspecified atom stereocenters. The summed E-state index contributed by atoms with van der Waals surface area (Å²) in [6, 6.07) is 0. The van der Waals surface area contributed by atoms with Crippen LogP contribution in [0, 0.1) is 11.8 Å². The van der Waals surface area contributed by atoms with E-state index in [0.717, 1.165) is 18.4 Å². The molecule has 1 heteroatoms. The maximum atomic E-state index is 5.41. The smallest absolute Gasteiger partial charge is 0.00489 e. The molecule has 0 bridgehead atoms. The van der Waals surface area contributed by atoms with Crippen molar-refractivity contribution in [2.45, 2.75) is 19.8 Å². The Morgan fingerprint density at radius 3 is 2.43 bits per heavy atom. The predicted molar refractivity (Wildman–Crippen MR) is 30.9 cm³/mol. The molecule has 7 heavy (non-hydrogen) atoms. The van der Waals surface area contributed by atoms with E-state index in [0.29, 0.717) is 0 Å². The van der Waals surface area contributed by atoms with E-state index < -0.39 is 0 Å². The highest BCUT2D eigenvalue weighted by Gasteiger charge is 2.26. The molecule has 1 fully saturated rings. The minimum atomic E-state index is 0.792. The van der Waals surface area contributed by atoms with Gasteiger partial charge in [0.2, 0.25) is 0 Å². The fraction of sp³-hybridized carbons (Fsp3) is 1.00. The average molecular weight is 99.2 g/mol. The molecule has 0 aromatic heterocycles. The molecule has 1 rings (SSSR count). The lowest BCUT2D eigenvalue weighted by Crippen LogP contribution is -2.11. The molecular weight excluding hydrogens is 86.1 g/mol. The van der Waals surface area contributed by atoms with Crippen molar-refractivity contribution in [1.82, 2.24) is 0 Å². The number of rotatable bonds is 2. The van der Waals surface area contributed by atoms with Crippen molar-refractivity contribution in [1.29, 1.82) is 0 Å². The van der Waals surface area contributed by atoms with Crippen molar-refractivity contribution in [2.75, 3.05) is 6.54 Å². The van der Waals surface area contributed by atoms with Crippen LogP contribution in [-0.2, 0) is 0 Å². The van der Waals surface area contributed by atoms with Gasteiger partial charge in [-0.3, -0.25) is 0 Å². The molecule has 1 atom stereocenters. The van der Waals surface area contributed by atoms with Crippen molar-refractivity contribution in [2.24, 2.45) is 17.6 Å². The highest BCUT2D eigenvalue weighted by molar-refractivity contribution is 4.78. The van der Waals surface area contributed by atoms with Gasteiger partial charge in [0.25, 0.3) is 0 Å². The molecule has 42 valence electrons. The number of hydrogen-bond donors (Lipinski definition) is 1. The van der Waals surface area contributed by atoms with E-state index >= 15 is 0 Å². The molecule has 0 amide bonds. The molecule has 2 N–H and O–H groups in total. The van der Waals surface area contributed by atoms with Gasteiger partial charge in [0.15, 0.2) is 0 Å².